The molecule has 28 heavy (non-hydrogen) atoms. The summed E-state index contributed by atoms with van der Waals surface area (Å²) in [5.41, 5.74) is 1.05. The standard InChI is InChI=1S/C23H24FNO3/c1-23(2,3)21(27)18-19(16-7-5-4-6-8-16)25(22(28)20(18)26)14-13-15-9-11-17(24)12-10-15/h4-12,19,26H,13-14H2,1-3H3. The Labute approximate surface area is 164 Å². The van der Waals surface area contributed by atoms with Gasteiger partial charge in [-0.15, -0.1) is 0 Å². The molecule has 0 aliphatic carbocycles. The lowest BCUT2D eigenvalue weighted by molar-refractivity contribution is -0.129. The van der Waals surface area contributed by atoms with Crippen LogP contribution in [-0.2, 0) is 16.0 Å². The second kappa shape index (κ2) is 7.58. The number of carbonyl (C=O) groups is 2. The zero-order chi connectivity index (χ0) is 20.5. The van der Waals surface area contributed by atoms with Crippen LogP contribution in [0.1, 0.15) is 37.9 Å². The molecule has 0 aromatic heterocycles. The van der Waals surface area contributed by atoms with Gasteiger partial charge in [0.1, 0.15) is 5.82 Å². The van der Waals surface area contributed by atoms with Crippen LogP contribution < -0.4 is 0 Å². The van der Waals surface area contributed by atoms with E-state index in [2.05, 4.69) is 0 Å². The normalized spacial score (nSPS) is 17.4. The largest absolute Gasteiger partial charge is 0.503 e. The van der Waals surface area contributed by atoms with Crippen LogP contribution in [0.2, 0.25) is 0 Å². The number of rotatable bonds is 5. The second-order valence-electron chi connectivity index (χ2n) is 8.03. The van der Waals surface area contributed by atoms with E-state index in [4.69, 9.17) is 0 Å². The summed E-state index contributed by atoms with van der Waals surface area (Å²) in [6.07, 6.45) is 0.486. The lowest BCUT2D eigenvalue weighted by Crippen LogP contribution is -2.34. The molecule has 1 amide bonds. The fraction of sp³-hybridized carbons (Fsp3) is 0.304. The molecule has 146 valence electrons. The molecule has 5 heteroatoms. The molecule has 1 aliphatic heterocycles. The van der Waals surface area contributed by atoms with Crippen molar-refractivity contribution < 1.29 is 19.1 Å². The molecule has 0 saturated heterocycles. The Morgan fingerprint density at radius 2 is 1.68 bits per heavy atom. The van der Waals surface area contributed by atoms with Crippen LogP contribution in [0, 0.1) is 11.2 Å². The van der Waals surface area contributed by atoms with Gasteiger partial charge in [-0.3, -0.25) is 9.59 Å². The number of benzene rings is 2. The van der Waals surface area contributed by atoms with Crippen LogP contribution in [-0.4, -0.2) is 28.2 Å². The molecule has 0 saturated carbocycles. The number of ketones is 1. The Morgan fingerprint density at radius 1 is 1.07 bits per heavy atom. The summed E-state index contributed by atoms with van der Waals surface area (Å²) in [5, 5.41) is 10.5. The van der Waals surface area contributed by atoms with Gasteiger partial charge in [0.15, 0.2) is 11.5 Å². The minimum atomic E-state index is -0.733. The molecule has 1 atom stereocenters. The van der Waals surface area contributed by atoms with Crippen molar-refractivity contribution >= 4 is 11.7 Å². The predicted octanol–water partition coefficient (Wildman–Crippen LogP) is 4.38. The van der Waals surface area contributed by atoms with Gasteiger partial charge in [-0.2, -0.15) is 0 Å². The lowest BCUT2D eigenvalue weighted by Gasteiger charge is -2.29. The van der Waals surface area contributed by atoms with Gasteiger partial charge in [0, 0.05) is 12.0 Å². The average molecular weight is 381 g/mol. The van der Waals surface area contributed by atoms with Gasteiger partial charge in [-0.1, -0.05) is 63.2 Å². The maximum Gasteiger partial charge on any atom is 0.290 e. The summed E-state index contributed by atoms with van der Waals surface area (Å²) < 4.78 is 13.1. The van der Waals surface area contributed by atoms with E-state index in [9.17, 15) is 19.1 Å². The fourth-order valence-electron chi connectivity index (χ4n) is 3.40. The number of aliphatic hydroxyl groups excluding tert-OH is 1. The fourth-order valence-corrected chi connectivity index (χ4v) is 3.40. The Morgan fingerprint density at radius 3 is 2.25 bits per heavy atom. The number of amides is 1. The van der Waals surface area contributed by atoms with Gasteiger partial charge in [0.05, 0.1) is 11.6 Å². The third-order valence-electron chi connectivity index (χ3n) is 4.90. The molecule has 1 N–H and O–H groups in total. The molecule has 4 nitrogen and oxygen atoms in total. The smallest absolute Gasteiger partial charge is 0.290 e. The Bertz CT molecular complexity index is 911. The molecular weight excluding hydrogens is 357 g/mol. The minimum Gasteiger partial charge on any atom is -0.503 e. The Kier molecular flexibility index (Phi) is 5.36. The van der Waals surface area contributed by atoms with E-state index in [1.165, 1.54) is 17.0 Å². The Hall–Kier alpha value is -2.95. The van der Waals surface area contributed by atoms with Crippen molar-refractivity contribution in [1.82, 2.24) is 4.90 Å². The molecule has 0 fully saturated rings. The van der Waals surface area contributed by atoms with Crippen LogP contribution >= 0.6 is 0 Å². The van der Waals surface area contributed by atoms with Crippen molar-refractivity contribution in [3.63, 3.8) is 0 Å². The van der Waals surface area contributed by atoms with Gasteiger partial charge in [-0.05, 0) is 29.7 Å². The molecule has 1 heterocycles. The SMILES string of the molecule is CC(C)(C)C(=O)C1=C(O)C(=O)N(CCc2ccc(F)cc2)C1c1ccccc1. The van der Waals surface area contributed by atoms with Crippen molar-refractivity contribution in [2.45, 2.75) is 33.2 Å². The monoisotopic (exact) mass is 381 g/mol. The lowest BCUT2D eigenvalue weighted by atomic mass is 9.82. The molecule has 0 radical (unpaired) electrons. The number of halogens is 1. The third kappa shape index (κ3) is 3.84. The maximum atomic E-state index is 13.1. The van der Waals surface area contributed by atoms with Crippen molar-refractivity contribution in [1.29, 1.82) is 0 Å². The Balaban J connectivity index is 1.96. The summed E-state index contributed by atoms with van der Waals surface area (Å²) in [6, 6.07) is 14.7. The first-order chi connectivity index (χ1) is 13.2. The first kappa shape index (κ1) is 19.8. The minimum absolute atomic E-state index is 0.141. The zero-order valence-corrected chi connectivity index (χ0v) is 16.3. The molecule has 3 rings (SSSR count). The first-order valence-electron chi connectivity index (χ1n) is 9.28. The molecule has 0 bridgehead atoms. The van der Waals surface area contributed by atoms with E-state index in [1.54, 1.807) is 32.9 Å². The predicted molar refractivity (Wildman–Crippen MR) is 105 cm³/mol. The van der Waals surface area contributed by atoms with Crippen LogP contribution in [0.15, 0.2) is 65.9 Å². The summed E-state index contributed by atoms with van der Waals surface area (Å²) in [7, 11) is 0. The van der Waals surface area contributed by atoms with Gasteiger partial charge in [0.2, 0.25) is 0 Å². The topological polar surface area (TPSA) is 57.6 Å². The van der Waals surface area contributed by atoms with E-state index >= 15 is 0 Å². The van der Waals surface area contributed by atoms with E-state index in [-0.39, 0.29) is 17.2 Å². The summed E-state index contributed by atoms with van der Waals surface area (Å²) in [4.78, 5) is 27.4. The number of hydrogen-bond donors (Lipinski definition) is 1. The summed E-state index contributed by atoms with van der Waals surface area (Å²) in [5.74, 6) is -1.60. The molecule has 2 aromatic carbocycles. The van der Waals surface area contributed by atoms with E-state index in [0.717, 1.165) is 11.1 Å². The van der Waals surface area contributed by atoms with Crippen LogP contribution in [0.4, 0.5) is 4.39 Å². The van der Waals surface area contributed by atoms with Gasteiger partial charge >= 0.3 is 0 Å². The number of aliphatic hydroxyl groups is 1. The highest BCUT2D eigenvalue weighted by Crippen LogP contribution is 2.40. The zero-order valence-electron chi connectivity index (χ0n) is 16.3. The second-order valence-corrected chi connectivity index (χ2v) is 8.03. The van der Waals surface area contributed by atoms with Crippen LogP contribution in [0.5, 0.6) is 0 Å². The maximum absolute atomic E-state index is 13.1. The van der Waals surface area contributed by atoms with Crippen LogP contribution in [0.3, 0.4) is 0 Å². The average Bonchev–Trinajstić information content (AvgIpc) is 2.91. The quantitative estimate of drug-likeness (QED) is 0.836. The highest BCUT2D eigenvalue weighted by molar-refractivity contribution is 6.10. The highest BCUT2D eigenvalue weighted by atomic mass is 19.1. The van der Waals surface area contributed by atoms with E-state index in [0.29, 0.717) is 13.0 Å². The number of Topliss-reactive ketones (excluding diaryl/α,β-unsaturated/α-hetero) is 1. The van der Waals surface area contributed by atoms with Gasteiger partial charge in [-0.25, -0.2) is 4.39 Å². The first-order valence-corrected chi connectivity index (χ1v) is 9.28. The molecule has 0 spiro atoms. The molecular formula is C23H24FNO3. The van der Waals surface area contributed by atoms with Crippen LogP contribution in [0.25, 0.3) is 0 Å². The van der Waals surface area contributed by atoms with Crippen molar-refractivity contribution in [2.24, 2.45) is 5.41 Å². The van der Waals surface area contributed by atoms with Crippen molar-refractivity contribution in [3.8, 4) is 0 Å². The molecule has 1 unspecified atom stereocenters. The van der Waals surface area contributed by atoms with Crippen molar-refractivity contribution in [3.05, 3.63) is 82.9 Å². The highest BCUT2D eigenvalue weighted by Gasteiger charge is 2.45. The molecule has 1 aliphatic rings. The van der Waals surface area contributed by atoms with E-state index in [1.807, 2.05) is 30.3 Å². The van der Waals surface area contributed by atoms with Gasteiger partial charge < -0.3 is 10.0 Å². The van der Waals surface area contributed by atoms with E-state index < -0.39 is 23.1 Å². The molecule has 2 aromatic rings. The number of nitrogens with zero attached hydrogens (tertiary/aromatic N) is 1. The number of carbonyl (C=O) groups excluding carboxylic acids is 2. The third-order valence-corrected chi connectivity index (χ3v) is 4.90. The summed E-state index contributed by atoms with van der Waals surface area (Å²) >= 11 is 0. The number of hydrogen-bond acceptors (Lipinski definition) is 3. The summed E-state index contributed by atoms with van der Waals surface area (Å²) in [6.45, 7) is 5.60. The van der Waals surface area contributed by atoms with Crippen molar-refractivity contribution in [2.75, 3.05) is 6.54 Å². The van der Waals surface area contributed by atoms with Gasteiger partial charge in [0.25, 0.3) is 5.91 Å².